The minimum Gasteiger partial charge on any atom is -0.497 e. The quantitative estimate of drug-likeness (QED) is 0.837. The summed E-state index contributed by atoms with van der Waals surface area (Å²) in [6.07, 6.45) is 0.901. The Morgan fingerprint density at radius 2 is 1.95 bits per heavy atom. The number of methoxy groups -OCH3 is 2. The van der Waals surface area contributed by atoms with Crippen molar-refractivity contribution in [3.05, 3.63) is 18.2 Å². The highest BCUT2D eigenvalue weighted by Crippen LogP contribution is 2.30. The van der Waals surface area contributed by atoms with E-state index in [9.17, 15) is 4.79 Å². The van der Waals surface area contributed by atoms with E-state index in [0.717, 1.165) is 36.7 Å². The van der Waals surface area contributed by atoms with Crippen molar-refractivity contribution in [3.63, 3.8) is 0 Å². The summed E-state index contributed by atoms with van der Waals surface area (Å²) in [6.45, 7) is 3.32. The van der Waals surface area contributed by atoms with Gasteiger partial charge in [0.25, 0.3) is 0 Å². The Morgan fingerprint density at radius 1 is 1.33 bits per heavy atom. The van der Waals surface area contributed by atoms with Gasteiger partial charge in [0.15, 0.2) is 0 Å². The molecule has 0 aromatic heterocycles. The molecule has 1 aromatic rings. The number of hydrogen-bond donors (Lipinski definition) is 2. The molecule has 0 spiro atoms. The zero-order chi connectivity index (χ0) is 15.4. The van der Waals surface area contributed by atoms with Crippen LogP contribution in [0.1, 0.15) is 13.3 Å². The summed E-state index contributed by atoms with van der Waals surface area (Å²) in [7, 11) is 3.27. The predicted octanol–water partition coefficient (Wildman–Crippen LogP) is 0.746. The van der Waals surface area contributed by atoms with Gasteiger partial charge in [-0.15, -0.1) is 0 Å². The lowest BCUT2D eigenvalue weighted by molar-refractivity contribution is -0.122. The van der Waals surface area contributed by atoms with Gasteiger partial charge in [-0.1, -0.05) is 0 Å². The molecule has 3 N–H and O–H groups in total. The van der Waals surface area contributed by atoms with Crippen LogP contribution in [0.4, 0.5) is 5.69 Å². The van der Waals surface area contributed by atoms with E-state index < -0.39 is 6.04 Å². The Morgan fingerprint density at radius 3 is 2.48 bits per heavy atom. The summed E-state index contributed by atoms with van der Waals surface area (Å²) in [5.74, 6) is 1.41. The largest absolute Gasteiger partial charge is 0.497 e. The summed E-state index contributed by atoms with van der Waals surface area (Å²) < 4.78 is 10.6. The van der Waals surface area contributed by atoms with E-state index >= 15 is 0 Å². The van der Waals surface area contributed by atoms with Gasteiger partial charge in [-0.3, -0.25) is 4.79 Å². The average molecular weight is 293 g/mol. The molecule has 2 unspecified atom stereocenters. The highest BCUT2D eigenvalue weighted by molar-refractivity contribution is 5.81. The van der Waals surface area contributed by atoms with Crippen LogP contribution in [0, 0.1) is 0 Å². The first-order valence-corrected chi connectivity index (χ1v) is 7.07. The highest BCUT2D eigenvalue weighted by atomic mass is 16.5. The van der Waals surface area contributed by atoms with Crippen LogP contribution in [0.2, 0.25) is 0 Å². The molecular formula is C15H23N3O3. The number of benzene rings is 1. The van der Waals surface area contributed by atoms with Crippen molar-refractivity contribution in [2.45, 2.75) is 25.4 Å². The topological polar surface area (TPSA) is 76.8 Å². The summed E-state index contributed by atoms with van der Waals surface area (Å²) in [5, 5.41) is 2.97. The second kappa shape index (κ2) is 6.67. The van der Waals surface area contributed by atoms with Gasteiger partial charge in [-0.05, 0) is 13.3 Å². The van der Waals surface area contributed by atoms with E-state index in [0.29, 0.717) is 0 Å². The lowest BCUT2D eigenvalue weighted by Gasteiger charge is -2.21. The minimum atomic E-state index is -0.476. The number of carbonyl (C=O) groups is 1. The summed E-state index contributed by atoms with van der Waals surface area (Å²) >= 11 is 0. The van der Waals surface area contributed by atoms with E-state index in [2.05, 4.69) is 10.2 Å². The van der Waals surface area contributed by atoms with Crippen molar-refractivity contribution in [2.75, 3.05) is 32.2 Å². The molecule has 116 valence electrons. The monoisotopic (exact) mass is 293 g/mol. The van der Waals surface area contributed by atoms with E-state index in [1.807, 2.05) is 18.2 Å². The van der Waals surface area contributed by atoms with Gasteiger partial charge in [-0.2, -0.15) is 0 Å². The number of amides is 1. The van der Waals surface area contributed by atoms with Crippen LogP contribution >= 0.6 is 0 Å². The fraction of sp³-hybridized carbons (Fsp3) is 0.533. The maximum absolute atomic E-state index is 11.6. The van der Waals surface area contributed by atoms with E-state index in [1.165, 1.54) is 0 Å². The van der Waals surface area contributed by atoms with Gasteiger partial charge in [-0.25, -0.2) is 0 Å². The Hall–Kier alpha value is -1.95. The molecule has 1 aliphatic rings. The zero-order valence-electron chi connectivity index (χ0n) is 12.8. The van der Waals surface area contributed by atoms with Crippen LogP contribution in [-0.4, -0.2) is 45.3 Å². The SMILES string of the molecule is COc1cc(OC)cc(N2CCC(NC(=O)C(C)N)C2)c1. The van der Waals surface area contributed by atoms with Crippen molar-refractivity contribution in [3.8, 4) is 11.5 Å². The second-order valence-corrected chi connectivity index (χ2v) is 5.30. The molecule has 1 heterocycles. The van der Waals surface area contributed by atoms with Crippen LogP contribution in [0.5, 0.6) is 11.5 Å². The van der Waals surface area contributed by atoms with Crippen LogP contribution in [0.25, 0.3) is 0 Å². The molecule has 0 radical (unpaired) electrons. The van der Waals surface area contributed by atoms with Crippen molar-refractivity contribution < 1.29 is 14.3 Å². The number of hydrogen-bond acceptors (Lipinski definition) is 5. The molecule has 6 nitrogen and oxygen atoms in total. The van der Waals surface area contributed by atoms with Gasteiger partial charge >= 0.3 is 0 Å². The Balaban J connectivity index is 2.05. The Kier molecular flexibility index (Phi) is 4.90. The molecular weight excluding hydrogens is 270 g/mol. The lowest BCUT2D eigenvalue weighted by atomic mass is 10.2. The molecule has 1 fully saturated rings. The van der Waals surface area contributed by atoms with Gasteiger partial charge in [0, 0.05) is 43.0 Å². The van der Waals surface area contributed by atoms with Gasteiger partial charge < -0.3 is 25.4 Å². The third kappa shape index (κ3) is 3.78. The van der Waals surface area contributed by atoms with E-state index in [4.69, 9.17) is 15.2 Å². The standard InChI is InChI=1S/C15H23N3O3/c1-10(16)15(19)17-11-4-5-18(9-11)12-6-13(20-2)8-14(7-12)21-3/h6-8,10-11H,4-5,9,16H2,1-3H3,(H,17,19). The number of nitrogens with two attached hydrogens (primary N) is 1. The molecule has 0 bridgehead atoms. The minimum absolute atomic E-state index is 0.106. The van der Waals surface area contributed by atoms with Crippen LogP contribution in [0.15, 0.2) is 18.2 Å². The summed E-state index contributed by atoms with van der Waals surface area (Å²) in [5.41, 5.74) is 6.61. The van der Waals surface area contributed by atoms with E-state index in [-0.39, 0.29) is 11.9 Å². The van der Waals surface area contributed by atoms with Crippen molar-refractivity contribution in [2.24, 2.45) is 5.73 Å². The first kappa shape index (κ1) is 15.4. The third-order valence-electron chi connectivity index (χ3n) is 3.65. The highest BCUT2D eigenvalue weighted by Gasteiger charge is 2.25. The maximum Gasteiger partial charge on any atom is 0.236 e. The van der Waals surface area contributed by atoms with Crippen LogP contribution < -0.4 is 25.4 Å². The molecule has 6 heteroatoms. The fourth-order valence-corrected chi connectivity index (χ4v) is 2.42. The predicted molar refractivity (Wildman–Crippen MR) is 82.0 cm³/mol. The first-order valence-electron chi connectivity index (χ1n) is 7.07. The van der Waals surface area contributed by atoms with Gasteiger partial charge in [0.1, 0.15) is 11.5 Å². The first-order chi connectivity index (χ1) is 10.0. The molecule has 1 saturated heterocycles. The maximum atomic E-state index is 11.6. The summed E-state index contributed by atoms with van der Waals surface area (Å²) in [6, 6.07) is 5.43. The lowest BCUT2D eigenvalue weighted by Crippen LogP contribution is -2.44. The molecule has 1 amide bonds. The molecule has 1 aliphatic heterocycles. The van der Waals surface area contributed by atoms with Crippen LogP contribution in [0.3, 0.4) is 0 Å². The van der Waals surface area contributed by atoms with Gasteiger partial charge in [0.2, 0.25) is 5.91 Å². The number of ether oxygens (including phenoxy) is 2. The van der Waals surface area contributed by atoms with Crippen molar-refractivity contribution in [1.82, 2.24) is 5.32 Å². The van der Waals surface area contributed by atoms with Crippen molar-refractivity contribution >= 4 is 11.6 Å². The molecule has 0 saturated carbocycles. The fourth-order valence-electron chi connectivity index (χ4n) is 2.42. The molecule has 2 rings (SSSR count). The molecule has 0 aliphatic carbocycles. The number of anilines is 1. The van der Waals surface area contributed by atoms with Crippen molar-refractivity contribution in [1.29, 1.82) is 0 Å². The number of rotatable bonds is 5. The summed E-state index contributed by atoms with van der Waals surface area (Å²) in [4.78, 5) is 13.9. The molecule has 1 aromatic carbocycles. The third-order valence-corrected chi connectivity index (χ3v) is 3.65. The second-order valence-electron chi connectivity index (χ2n) is 5.30. The van der Waals surface area contributed by atoms with Crippen LogP contribution in [-0.2, 0) is 4.79 Å². The smallest absolute Gasteiger partial charge is 0.236 e. The molecule has 21 heavy (non-hydrogen) atoms. The normalized spacial score (nSPS) is 19.2. The number of nitrogens with one attached hydrogen (secondary N) is 1. The average Bonchev–Trinajstić information content (AvgIpc) is 2.95. The molecule has 2 atom stereocenters. The number of nitrogens with zero attached hydrogens (tertiary/aromatic N) is 1. The van der Waals surface area contributed by atoms with E-state index in [1.54, 1.807) is 21.1 Å². The Bertz CT molecular complexity index is 483. The Labute approximate surface area is 125 Å². The zero-order valence-corrected chi connectivity index (χ0v) is 12.8. The number of carbonyl (C=O) groups excluding carboxylic acids is 1. The van der Waals surface area contributed by atoms with Gasteiger partial charge in [0.05, 0.1) is 20.3 Å².